The monoisotopic (exact) mass is 207 g/mol. The van der Waals surface area contributed by atoms with Crippen molar-refractivity contribution >= 4 is 0 Å². The van der Waals surface area contributed by atoms with Crippen molar-refractivity contribution in [3.8, 4) is 5.75 Å². The van der Waals surface area contributed by atoms with Gasteiger partial charge in [-0.3, -0.25) is 0 Å². The summed E-state index contributed by atoms with van der Waals surface area (Å²) in [7, 11) is 0. The summed E-state index contributed by atoms with van der Waals surface area (Å²) < 4.78 is 5.12. The minimum atomic E-state index is 0.222. The van der Waals surface area contributed by atoms with Crippen LogP contribution in [0.5, 0.6) is 5.75 Å². The zero-order valence-electron chi connectivity index (χ0n) is 8.94. The Labute approximate surface area is 90.1 Å². The van der Waals surface area contributed by atoms with E-state index in [1.54, 1.807) is 6.07 Å². The maximum absolute atomic E-state index is 9.74. The quantitative estimate of drug-likeness (QED) is 0.791. The van der Waals surface area contributed by atoms with Crippen molar-refractivity contribution in [1.29, 1.82) is 0 Å². The number of hydrogen-bond donors (Lipinski definition) is 2. The average Bonchev–Trinajstić information content (AvgIpc) is 2.19. The van der Waals surface area contributed by atoms with Crippen molar-refractivity contribution in [2.24, 2.45) is 0 Å². The van der Waals surface area contributed by atoms with Gasteiger partial charge in [0.15, 0.2) is 0 Å². The van der Waals surface area contributed by atoms with Crippen molar-refractivity contribution in [2.75, 3.05) is 13.2 Å². The van der Waals surface area contributed by atoms with Gasteiger partial charge in [-0.15, -0.1) is 0 Å². The number of para-hydroxylation sites is 1. The molecule has 0 amide bonds. The van der Waals surface area contributed by atoms with Gasteiger partial charge in [-0.25, -0.2) is 0 Å². The van der Waals surface area contributed by atoms with Crippen molar-refractivity contribution in [2.45, 2.75) is 25.4 Å². The molecule has 1 heterocycles. The summed E-state index contributed by atoms with van der Waals surface area (Å²) >= 11 is 0. The summed E-state index contributed by atoms with van der Waals surface area (Å²) in [5.41, 5.74) is 0.979. The van der Waals surface area contributed by atoms with E-state index in [0.717, 1.165) is 25.2 Å². The van der Waals surface area contributed by atoms with E-state index in [4.69, 9.17) is 4.74 Å². The predicted octanol–water partition coefficient (Wildman–Crippen LogP) is 1.83. The highest BCUT2D eigenvalue weighted by molar-refractivity contribution is 5.34. The van der Waals surface area contributed by atoms with Crippen molar-refractivity contribution in [3.05, 3.63) is 29.8 Å². The van der Waals surface area contributed by atoms with Crippen LogP contribution in [0, 0.1) is 0 Å². The van der Waals surface area contributed by atoms with Gasteiger partial charge >= 0.3 is 0 Å². The van der Waals surface area contributed by atoms with E-state index in [-0.39, 0.29) is 6.04 Å². The molecule has 3 nitrogen and oxygen atoms in total. The maximum Gasteiger partial charge on any atom is 0.120 e. The molecule has 0 radical (unpaired) electrons. The molecular formula is C12H17NO2. The van der Waals surface area contributed by atoms with E-state index < -0.39 is 0 Å². The number of rotatable bonds is 4. The summed E-state index contributed by atoms with van der Waals surface area (Å²) in [4.78, 5) is 0. The zero-order chi connectivity index (χ0) is 10.7. The first kappa shape index (κ1) is 10.5. The molecule has 0 saturated carbocycles. The van der Waals surface area contributed by atoms with Gasteiger partial charge in [0.2, 0.25) is 0 Å². The van der Waals surface area contributed by atoms with Gasteiger partial charge in [-0.2, -0.15) is 0 Å². The molecule has 3 heteroatoms. The topological polar surface area (TPSA) is 41.5 Å². The number of nitrogens with one attached hydrogen (secondary N) is 1. The van der Waals surface area contributed by atoms with Crippen LogP contribution in [0.2, 0.25) is 0 Å². The number of benzene rings is 1. The second-order valence-corrected chi connectivity index (χ2v) is 3.92. The number of ether oxygens (including phenoxy) is 1. The van der Waals surface area contributed by atoms with Crippen LogP contribution >= 0.6 is 0 Å². The number of phenolic OH excluding ortho intramolecular Hbond substituents is 1. The van der Waals surface area contributed by atoms with Crippen molar-refractivity contribution in [3.63, 3.8) is 0 Å². The van der Waals surface area contributed by atoms with E-state index in [0.29, 0.717) is 11.8 Å². The zero-order valence-corrected chi connectivity index (χ0v) is 8.94. The van der Waals surface area contributed by atoms with Gasteiger partial charge in [0, 0.05) is 11.6 Å². The molecule has 2 N–H and O–H groups in total. The molecule has 15 heavy (non-hydrogen) atoms. The number of hydrogen-bond acceptors (Lipinski definition) is 3. The second-order valence-electron chi connectivity index (χ2n) is 3.92. The van der Waals surface area contributed by atoms with Gasteiger partial charge in [-0.1, -0.05) is 25.1 Å². The van der Waals surface area contributed by atoms with Crippen molar-refractivity contribution in [1.82, 2.24) is 5.32 Å². The molecule has 1 aromatic carbocycles. The molecule has 1 aliphatic heterocycles. The molecule has 1 atom stereocenters. The van der Waals surface area contributed by atoms with Gasteiger partial charge in [0.1, 0.15) is 5.75 Å². The van der Waals surface area contributed by atoms with Crippen LogP contribution in [0.3, 0.4) is 0 Å². The Balaban J connectivity index is 2.07. The third-order valence-corrected chi connectivity index (χ3v) is 2.80. The van der Waals surface area contributed by atoms with Crippen LogP contribution < -0.4 is 5.32 Å². The van der Waals surface area contributed by atoms with Crippen LogP contribution in [0.15, 0.2) is 24.3 Å². The molecule has 0 aliphatic carbocycles. The Hall–Kier alpha value is -1.06. The SMILES string of the molecule is CCC(NC1COC1)c1ccccc1O. The first-order valence-corrected chi connectivity index (χ1v) is 5.43. The summed E-state index contributed by atoms with van der Waals surface area (Å²) in [6.07, 6.45) is 0.966. The second kappa shape index (κ2) is 4.64. The molecular weight excluding hydrogens is 190 g/mol. The average molecular weight is 207 g/mol. The Morgan fingerprint density at radius 1 is 1.47 bits per heavy atom. The Kier molecular flexibility index (Phi) is 3.23. The first-order valence-electron chi connectivity index (χ1n) is 5.43. The van der Waals surface area contributed by atoms with Crippen LogP contribution in [0.1, 0.15) is 24.9 Å². The Bertz CT molecular complexity index is 323. The fourth-order valence-electron chi connectivity index (χ4n) is 1.83. The predicted molar refractivity (Wildman–Crippen MR) is 58.9 cm³/mol. The number of phenols is 1. The van der Waals surface area contributed by atoms with E-state index in [2.05, 4.69) is 12.2 Å². The van der Waals surface area contributed by atoms with Gasteiger partial charge in [0.25, 0.3) is 0 Å². The highest BCUT2D eigenvalue weighted by Gasteiger charge is 2.22. The van der Waals surface area contributed by atoms with Gasteiger partial charge in [-0.05, 0) is 12.5 Å². The van der Waals surface area contributed by atoms with Crippen LogP contribution in [0.4, 0.5) is 0 Å². The largest absolute Gasteiger partial charge is 0.508 e. The maximum atomic E-state index is 9.74. The normalized spacial score (nSPS) is 18.5. The lowest BCUT2D eigenvalue weighted by molar-refractivity contribution is -0.0104. The molecule has 0 aromatic heterocycles. The molecule has 1 saturated heterocycles. The minimum absolute atomic E-state index is 0.222. The lowest BCUT2D eigenvalue weighted by Gasteiger charge is -2.31. The summed E-state index contributed by atoms with van der Waals surface area (Å²) in [5.74, 6) is 0.372. The van der Waals surface area contributed by atoms with E-state index >= 15 is 0 Å². The molecule has 1 aromatic rings. The Morgan fingerprint density at radius 3 is 2.73 bits per heavy atom. The highest BCUT2D eigenvalue weighted by Crippen LogP contribution is 2.26. The van der Waals surface area contributed by atoms with Crippen molar-refractivity contribution < 1.29 is 9.84 Å². The smallest absolute Gasteiger partial charge is 0.120 e. The summed E-state index contributed by atoms with van der Waals surface area (Å²) in [5, 5.41) is 13.2. The fraction of sp³-hybridized carbons (Fsp3) is 0.500. The van der Waals surface area contributed by atoms with E-state index in [1.165, 1.54) is 0 Å². The van der Waals surface area contributed by atoms with Gasteiger partial charge < -0.3 is 15.2 Å². The van der Waals surface area contributed by atoms with Crippen LogP contribution in [0.25, 0.3) is 0 Å². The van der Waals surface area contributed by atoms with E-state index in [9.17, 15) is 5.11 Å². The highest BCUT2D eigenvalue weighted by atomic mass is 16.5. The molecule has 2 rings (SSSR count). The lowest BCUT2D eigenvalue weighted by atomic mass is 10.0. The third kappa shape index (κ3) is 2.30. The fourth-order valence-corrected chi connectivity index (χ4v) is 1.83. The molecule has 0 bridgehead atoms. The summed E-state index contributed by atoms with van der Waals surface area (Å²) in [6, 6.07) is 8.16. The number of aromatic hydroxyl groups is 1. The summed E-state index contributed by atoms with van der Waals surface area (Å²) in [6.45, 7) is 3.68. The molecule has 1 aliphatic rings. The molecule has 1 unspecified atom stereocenters. The van der Waals surface area contributed by atoms with E-state index in [1.807, 2.05) is 18.2 Å². The third-order valence-electron chi connectivity index (χ3n) is 2.80. The molecule has 1 fully saturated rings. The lowest BCUT2D eigenvalue weighted by Crippen LogP contribution is -2.47. The minimum Gasteiger partial charge on any atom is -0.508 e. The molecule has 0 spiro atoms. The first-order chi connectivity index (χ1) is 7.31. The Morgan fingerprint density at radius 2 is 2.20 bits per heavy atom. The van der Waals surface area contributed by atoms with Gasteiger partial charge in [0.05, 0.1) is 19.3 Å². The van der Waals surface area contributed by atoms with Crippen LogP contribution in [-0.2, 0) is 4.74 Å². The standard InChI is InChI=1S/C12H17NO2/c1-2-11(13-9-7-15-8-9)10-5-3-4-6-12(10)14/h3-6,9,11,13-14H,2,7-8H2,1H3. The van der Waals surface area contributed by atoms with Crippen LogP contribution in [-0.4, -0.2) is 24.4 Å². The molecule has 82 valence electrons.